The summed E-state index contributed by atoms with van der Waals surface area (Å²) in [6.45, 7) is 2.24. The zero-order valence-electron chi connectivity index (χ0n) is 11.3. The first-order valence-electron chi connectivity index (χ1n) is 6.49. The Morgan fingerprint density at radius 3 is 2.52 bits per heavy atom. The second-order valence-electron chi connectivity index (χ2n) is 5.03. The number of halogens is 2. The second-order valence-corrected chi connectivity index (χ2v) is 7.70. The van der Waals surface area contributed by atoms with Crippen LogP contribution in [0.15, 0.2) is 17.0 Å². The van der Waals surface area contributed by atoms with Crippen molar-refractivity contribution >= 4 is 39.2 Å². The fraction of sp³-hybridized carbons (Fsp3) is 0.462. The Labute approximate surface area is 133 Å². The molecule has 1 atom stereocenters. The summed E-state index contributed by atoms with van der Waals surface area (Å²) in [6.07, 6.45) is 2.53. The standard InChI is InChI=1S/C13H15Cl2NO4S/c1-8-4-2-3-5-16(8)21(19,20)12-6-9(13(17)18)10(14)7-11(12)15/h6-8H,2-5H2,1H3,(H,17,18)/t8-/m0/s1. The van der Waals surface area contributed by atoms with Gasteiger partial charge in [-0.25, -0.2) is 13.2 Å². The summed E-state index contributed by atoms with van der Waals surface area (Å²) < 4.78 is 26.8. The lowest BCUT2D eigenvalue weighted by Crippen LogP contribution is -2.42. The maximum absolute atomic E-state index is 12.7. The van der Waals surface area contributed by atoms with Gasteiger partial charge >= 0.3 is 5.97 Å². The molecule has 0 amide bonds. The van der Waals surface area contributed by atoms with Gasteiger partial charge in [-0.3, -0.25) is 0 Å². The second kappa shape index (κ2) is 6.12. The molecule has 1 heterocycles. The van der Waals surface area contributed by atoms with Crippen molar-refractivity contribution in [3.05, 3.63) is 27.7 Å². The number of piperidine rings is 1. The van der Waals surface area contributed by atoms with Gasteiger partial charge in [0.05, 0.1) is 15.6 Å². The Morgan fingerprint density at radius 2 is 1.95 bits per heavy atom. The molecule has 0 bridgehead atoms. The SMILES string of the molecule is C[C@H]1CCCCN1S(=O)(=O)c1cc(C(=O)O)c(Cl)cc1Cl. The van der Waals surface area contributed by atoms with Gasteiger partial charge < -0.3 is 5.11 Å². The van der Waals surface area contributed by atoms with Crippen molar-refractivity contribution in [2.75, 3.05) is 6.54 Å². The van der Waals surface area contributed by atoms with E-state index in [1.165, 1.54) is 4.31 Å². The average molecular weight is 352 g/mol. The van der Waals surface area contributed by atoms with E-state index in [2.05, 4.69) is 0 Å². The average Bonchev–Trinajstić information content (AvgIpc) is 2.38. The minimum Gasteiger partial charge on any atom is -0.478 e. The van der Waals surface area contributed by atoms with Gasteiger partial charge in [0, 0.05) is 12.6 Å². The molecule has 0 unspecified atom stereocenters. The molecule has 5 nitrogen and oxygen atoms in total. The van der Waals surface area contributed by atoms with E-state index in [9.17, 15) is 13.2 Å². The monoisotopic (exact) mass is 351 g/mol. The molecular formula is C13H15Cl2NO4S. The van der Waals surface area contributed by atoms with Crippen molar-refractivity contribution in [3.8, 4) is 0 Å². The molecule has 0 spiro atoms. The van der Waals surface area contributed by atoms with Gasteiger partial charge in [0.15, 0.2) is 0 Å². The van der Waals surface area contributed by atoms with Crippen molar-refractivity contribution in [3.63, 3.8) is 0 Å². The van der Waals surface area contributed by atoms with E-state index in [1.54, 1.807) is 0 Å². The van der Waals surface area contributed by atoms with E-state index in [0.717, 1.165) is 31.4 Å². The molecule has 0 aliphatic carbocycles. The lowest BCUT2D eigenvalue weighted by atomic mass is 10.1. The Hall–Kier alpha value is -0.820. The number of rotatable bonds is 3. The largest absolute Gasteiger partial charge is 0.478 e. The lowest BCUT2D eigenvalue weighted by Gasteiger charge is -2.32. The van der Waals surface area contributed by atoms with Gasteiger partial charge in [-0.1, -0.05) is 29.6 Å². The van der Waals surface area contributed by atoms with Crippen molar-refractivity contribution in [1.29, 1.82) is 0 Å². The fourth-order valence-electron chi connectivity index (χ4n) is 2.45. The summed E-state index contributed by atoms with van der Waals surface area (Å²) in [4.78, 5) is 10.9. The molecule has 1 saturated heterocycles. The molecule has 8 heteroatoms. The maximum atomic E-state index is 12.7. The van der Waals surface area contributed by atoms with Gasteiger partial charge in [-0.05, 0) is 31.9 Å². The van der Waals surface area contributed by atoms with Crippen LogP contribution in [0.5, 0.6) is 0 Å². The van der Waals surface area contributed by atoms with Crippen molar-refractivity contribution in [1.82, 2.24) is 4.31 Å². The van der Waals surface area contributed by atoms with Crippen LogP contribution < -0.4 is 0 Å². The van der Waals surface area contributed by atoms with Gasteiger partial charge in [-0.15, -0.1) is 0 Å². The first kappa shape index (κ1) is 16.5. The Kier molecular flexibility index (Phi) is 4.82. The quantitative estimate of drug-likeness (QED) is 0.906. The Morgan fingerprint density at radius 1 is 1.29 bits per heavy atom. The number of carbonyl (C=O) groups is 1. The molecule has 1 aliphatic heterocycles. The summed E-state index contributed by atoms with van der Waals surface area (Å²) in [5, 5.41) is 8.92. The molecule has 0 aromatic heterocycles. The van der Waals surface area contributed by atoms with E-state index in [1.807, 2.05) is 6.92 Å². The van der Waals surface area contributed by atoms with Gasteiger partial charge in [0.2, 0.25) is 10.0 Å². The normalized spacial score (nSPS) is 20.4. The minimum atomic E-state index is -3.84. The third-order valence-corrected chi connectivity index (χ3v) is 6.37. The number of benzene rings is 1. The van der Waals surface area contributed by atoms with Crippen molar-refractivity contribution in [2.45, 2.75) is 37.1 Å². The lowest BCUT2D eigenvalue weighted by molar-refractivity contribution is 0.0697. The Balaban J connectivity index is 2.54. The third kappa shape index (κ3) is 3.18. The van der Waals surface area contributed by atoms with E-state index >= 15 is 0 Å². The molecule has 1 aliphatic rings. The van der Waals surface area contributed by atoms with Gasteiger partial charge in [-0.2, -0.15) is 4.31 Å². The molecule has 116 valence electrons. The summed E-state index contributed by atoms with van der Waals surface area (Å²) >= 11 is 11.8. The van der Waals surface area contributed by atoms with Crippen molar-refractivity contribution < 1.29 is 18.3 Å². The first-order chi connectivity index (χ1) is 9.75. The molecular weight excluding hydrogens is 337 g/mol. The number of hydrogen-bond acceptors (Lipinski definition) is 3. The highest BCUT2D eigenvalue weighted by Crippen LogP contribution is 2.33. The highest BCUT2D eigenvalue weighted by Gasteiger charge is 2.33. The molecule has 0 saturated carbocycles. The summed E-state index contributed by atoms with van der Waals surface area (Å²) in [6, 6.07) is 2.06. The smallest absolute Gasteiger partial charge is 0.337 e. The molecule has 21 heavy (non-hydrogen) atoms. The zero-order valence-corrected chi connectivity index (χ0v) is 13.7. The number of carboxylic acids is 1. The van der Waals surface area contributed by atoms with Crippen LogP contribution in [0.3, 0.4) is 0 Å². The molecule has 2 rings (SSSR count). The first-order valence-corrected chi connectivity index (χ1v) is 8.69. The van der Waals surface area contributed by atoms with Crippen molar-refractivity contribution in [2.24, 2.45) is 0 Å². The highest BCUT2D eigenvalue weighted by atomic mass is 35.5. The number of sulfonamides is 1. The van der Waals surface area contributed by atoms with Crippen LogP contribution in [0.4, 0.5) is 0 Å². The van der Waals surface area contributed by atoms with E-state index in [-0.39, 0.29) is 26.5 Å². The van der Waals surface area contributed by atoms with Crippen LogP contribution in [0.1, 0.15) is 36.5 Å². The van der Waals surface area contributed by atoms with Crippen LogP contribution in [0.25, 0.3) is 0 Å². The van der Waals surface area contributed by atoms with E-state index in [4.69, 9.17) is 28.3 Å². The predicted molar refractivity (Wildman–Crippen MR) is 80.6 cm³/mol. The molecule has 1 fully saturated rings. The molecule has 1 N–H and O–H groups in total. The topological polar surface area (TPSA) is 74.7 Å². The summed E-state index contributed by atoms with van der Waals surface area (Å²) in [5.74, 6) is -1.29. The van der Waals surface area contributed by atoms with Gasteiger partial charge in [0.25, 0.3) is 0 Å². The minimum absolute atomic E-state index is 0.0669. The number of aromatic carboxylic acids is 1. The van der Waals surface area contributed by atoms with Crippen LogP contribution >= 0.6 is 23.2 Å². The predicted octanol–water partition coefficient (Wildman–Crippen LogP) is 3.25. The number of hydrogen-bond donors (Lipinski definition) is 1. The van der Waals surface area contributed by atoms with Crippen LogP contribution in [-0.2, 0) is 10.0 Å². The Bertz CT molecular complexity index is 675. The van der Waals surface area contributed by atoms with Crippen LogP contribution in [0.2, 0.25) is 10.0 Å². The van der Waals surface area contributed by atoms with Gasteiger partial charge in [0.1, 0.15) is 4.90 Å². The highest BCUT2D eigenvalue weighted by molar-refractivity contribution is 7.89. The van der Waals surface area contributed by atoms with E-state index in [0.29, 0.717) is 6.54 Å². The summed E-state index contributed by atoms with van der Waals surface area (Å²) in [7, 11) is -3.84. The molecule has 1 aromatic carbocycles. The summed E-state index contributed by atoms with van der Waals surface area (Å²) in [5.41, 5.74) is -0.274. The molecule has 0 radical (unpaired) electrons. The number of nitrogens with zero attached hydrogens (tertiary/aromatic N) is 1. The fourth-order valence-corrected chi connectivity index (χ4v) is 4.98. The van der Waals surface area contributed by atoms with Crippen LogP contribution in [-0.4, -0.2) is 36.4 Å². The van der Waals surface area contributed by atoms with Crippen LogP contribution in [0, 0.1) is 0 Å². The third-order valence-electron chi connectivity index (χ3n) is 3.58. The zero-order chi connectivity index (χ0) is 15.8. The molecule has 1 aromatic rings. The van der Waals surface area contributed by atoms with E-state index < -0.39 is 16.0 Å². The number of carboxylic acid groups (broad SMARTS) is 1. The maximum Gasteiger partial charge on any atom is 0.337 e.